The molecule has 2 aromatic rings. The first-order valence-corrected chi connectivity index (χ1v) is 10.6. The Morgan fingerprint density at radius 2 is 1.61 bits per heavy atom. The zero-order chi connectivity index (χ0) is 22.8. The Labute approximate surface area is 194 Å². The van der Waals surface area contributed by atoms with Crippen molar-refractivity contribution in [1.82, 2.24) is 16.2 Å². The molecule has 0 aliphatic rings. The molecule has 4 N–H and O–H groups in total. The van der Waals surface area contributed by atoms with E-state index in [4.69, 9.17) is 17.0 Å². The van der Waals surface area contributed by atoms with Crippen LogP contribution in [0.4, 0.5) is 5.69 Å². The molecular weight excluding hydrogens is 484 g/mol. The molecular formula is C21H23BrN4O4S. The highest BCUT2D eigenvalue weighted by Gasteiger charge is 2.10. The molecule has 0 radical (unpaired) electrons. The second-order valence-electron chi connectivity index (χ2n) is 6.66. The van der Waals surface area contributed by atoms with Crippen LogP contribution in [0.5, 0.6) is 5.75 Å². The second-order valence-corrected chi connectivity index (χ2v) is 7.98. The number of aryl methyl sites for hydroxylation is 2. The lowest BCUT2D eigenvalue weighted by molar-refractivity contribution is -0.125. The summed E-state index contributed by atoms with van der Waals surface area (Å²) in [6, 6.07) is 12.7. The molecule has 2 rings (SSSR count). The lowest BCUT2D eigenvalue weighted by Gasteiger charge is -2.12. The highest BCUT2D eigenvalue weighted by molar-refractivity contribution is 9.10. The molecule has 164 valence electrons. The van der Waals surface area contributed by atoms with Gasteiger partial charge in [0.25, 0.3) is 5.91 Å². The van der Waals surface area contributed by atoms with Gasteiger partial charge in [0.2, 0.25) is 11.8 Å². The maximum Gasteiger partial charge on any atom is 0.264 e. The number of thiocarbonyl (C=S) groups is 1. The zero-order valence-electron chi connectivity index (χ0n) is 17.1. The van der Waals surface area contributed by atoms with Crippen molar-refractivity contribution in [1.29, 1.82) is 0 Å². The standard InChI is InChI=1S/C21H23BrN4O4S/c1-13-3-8-17(14(2)11-13)23-18(27)9-10-19(28)25-26-21(31)24-20(29)12-30-16-6-4-15(22)5-7-16/h3-8,11H,9-10,12H2,1-2H3,(H,23,27)(H,25,28)(H2,24,26,29,31). The first kappa shape index (κ1) is 24.3. The molecule has 0 heterocycles. The molecule has 0 unspecified atom stereocenters. The molecule has 0 spiro atoms. The SMILES string of the molecule is Cc1ccc(NC(=O)CCC(=O)NNC(=S)NC(=O)COc2ccc(Br)cc2)c(C)c1. The first-order chi connectivity index (χ1) is 14.7. The molecule has 2 aromatic carbocycles. The first-order valence-electron chi connectivity index (χ1n) is 9.37. The van der Waals surface area contributed by atoms with Gasteiger partial charge >= 0.3 is 0 Å². The predicted molar refractivity (Wildman–Crippen MR) is 125 cm³/mol. The van der Waals surface area contributed by atoms with Crippen LogP contribution in [-0.4, -0.2) is 29.4 Å². The van der Waals surface area contributed by atoms with Crippen molar-refractivity contribution in [3.05, 3.63) is 58.1 Å². The quantitative estimate of drug-likeness (QED) is 0.339. The van der Waals surface area contributed by atoms with E-state index in [1.165, 1.54) is 0 Å². The van der Waals surface area contributed by atoms with Crippen LogP contribution in [0, 0.1) is 13.8 Å². The third-order valence-corrected chi connectivity index (χ3v) is 4.72. The van der Waals surface area contributed by atoms with Crippen LogP contribution in [-0.2, 0) is 14.4 Å². The Morgan fingerprint density at radius 3 is 2.29 bits per heavy atom. The van der Waals surface area contributed by atoms with Gasteiger partial charge in [0.15, 0.2) is 11.7 Å². The van der Waals surface area contributed by atoms with Gasteiger partial charge in [0.1, 0.15) is 5.75 Å². The Morgan fingerprint density at radius 1 is 0.935 bits per heavy atom. The van der Waals surface area contributed by atoms with E-state index in [2.05, 4.69) is 37.4 Å². The minimum Gasteiger partial charge on any atom is -0.484 e. The molecule has 0 bridgehead atoms. The van der Waals surface area contributed by atoms with E-state index < -0.39 is 11.8 Å². The monoisotopic (exact) mass is 506 g/mol. The minimum atomic E-state index is -0.484. The highest BCUT2D eigenvalue weighted by atomic mass is 79.9. The number of carbonyl (C=O) groups is 3. The molecule has 8 nitrogen and oxygen atoms in total. The smallest absolute Gasteiger partial charge is 0.264 e. The lowest BCUT2D eigenvalue weighted by atomic mass is 10.1. The number of anilines is 1. The van der Waals surface area contributed by atoms with Crippen molar-refractivity contribution in [2.45, 2.75) is 26.7 Å². The van der Waals surface area contributed by atoms with Crippen molar-refractivity contribution < 1.29 is 19.1 Å². The van der Waals surface area contributed by atoms with E-state index in [0.717, 1.165) is 15.6 Å². The van der Waals surface area contributed by atoms with Gasteiger partial charge in [0.05, 0.1) is 0 Å². The Bertz CT molecular complexity index is 966. The molecule has 0 saturated carbocycles. The van der Waals surface area contributed by atoms with Gasteiger partial charge in [-0.05, 0) is 62.0 Å². The maximum absolute atomic E-state index is 12.0. The average Bonchev–Trinajstić information content (AvgIpc) is 2.72. The molecule has 0 saturated heterocycles. The van der Waals surface area contributed by atoms with Gasteiger partial charge in [-0.15, -0.1) is 0 Å². The minimum absolute atomic E-state index is 0.000973. The van der Waals surface area contributed by atoms with E-state index >= 15 is 0 Å². The van der Waals surface area contributed by atoms with E-state index in [0.29, 0.717) is 11.4 Å². The molecule has 0 aliphatic carbocycles. The van der Waals surface area contributed by atoms with Crippen LogP contribution in [0.15, 0.2) is 46.9 Å². The van der Waals surface area contributed by atoms with Gasteiger partial charge in [-0.2, -0.15) is 0 Å². The lowest BCUT2D eigenvalue weighted by Crippen LogP contribution is -2.49. The number of ether oxygens (including phenoxy) is 1. The number of amides is 3. The number of hydrazine groups is 1. The van der Waals surface area contributed by atoms with Crippen molar-refractivity contribution in [2.75, 3.05) is 11.9 Å². The Hall–Kier alpha value is -2.98. The fourth-order valence-electron chi connectivity index (χ4n) is 2.46. The summed E-state index contributed by atoms with van der Waals surface area (Å²) in [4.78, 5) is 35.8. The summed E-state index contributed by atoms with van der Waals surface area (Å²) in [5.74, 6) is -0.672. The van der Waals surface area contributed by atoms with Crippen LogP contribution >= 0.6 is 28.1 Å². The summed E-state index contributed by atoms with van der Waals surface area (Å²) in [5, 5.41) is 5.07. The Kier molecular flexibility index (Phi) is 9.41. The van der Waals surface area contributed by atoms with E-state index in [9.17, 15) is 14.4 Å². The molecule has 3 amide bonds. The molecule has 0 atom stereocenters. The maximum atomic E-state index is 12.0. The summed E-state index contributed by atoms with van der Waals surface area (Å²) in [6.07, 6.45) is -0.0477. The molecule has 0 aliphatic heterocycles. The molecule has 10 heteroatoms. The number of nitrogens with one attached hydrogen (secondary N) is 4. The summed E-state index contributed by atoms with van der Waals surface area (Å²) >= 11 is 8.25. The third kappa shape index (κ3) is 9.14. The topological polar surface area (TPSA) is 109 Å². The third-order valence-electron chi connectivity index (χ3n) is 3.99. The van der Waals surface area contributed by atoms with Gasteiger partial charge in [-0.1, -0.05) is 33.6 Å². The average molecular weight is 507 g/mol. The van der Waals surface area contributed by atoms with Gasteiger partial charge < -0.3 is 10.1 Å². The fraction of sp³-hybridized carbons (Fsp3) is 0.238. The summed E-state index contributed by atoms with van der Waals surface area (Å²) in [7, 11) is 0. The van der Waals surface area contributed by atoms with Crippen molar-refractivity contribution in [3.63, 3.8) is 0 Å². The normalized spacial score (nSPS) is 10.0. The predicted octanol–water partition coefficient (Wildman–Crippen LogP) is 2.89. The van der Waals surface area contributed by atoms with Crippen LogP contribution < -0.4 is 26.2 Å². The summed E-state index contributed by atoms with van der Waals surface area (Å²) in [6.45, 7) is 3.63. The van der Waals surface area contributed by atoms with Crippen LogP contribution in [0.3, 0.4) is 0 Å². The molecule has 0 fully saturated rings. The number of carbonyl (C=O) groups excluding carboxylic acids is 3. The van der Waals surface area contributed by atoms with Crippen molar-refractivity contribution in [2.24, 2.45) is 0 Å². The number of rotatable bonds is 7. The molecule has 0 aromatic heterocycles. The van der Waals surface area contributed by atoms with Crippen molar-refractivity contribution >= 4 is 56.7 Å². The number of halogens is 1. The Balaban J connectivity index is 1.63. The van der Waals surface area contributed by atoms with Crippen LogP contribution in [0.1, 0.15) is 24.0 Å². The highest BCUT2D eigenvalue weighted by Crippen LogP contribution is 2.17. The number of benzene rings is 2. The summed E-state index contributed by atoms with van der Waals surface area (Å²) in [5.41, 5.74) is 7.51. The zero-order valence-corrected chi connectivity index (χ0v) is 19.5. The van der Waals surface area contributed by atoms with E-state index in [1.54, 1.807) is 24.3 Å². The van der Waals surface area contributed by atoms with Crippen LogP contribution in [0.2, 0.25) is 0 Å². The van der Waals surface area contributed by atoms with E-state index in [1.807, 2.05) is 32.0 Å². The van der Waals surface area contributed by atoms with Gasteiger partial charge in [-0.3, -0.25) is 30.6 Å². The largest absolute Gasteiger partial charge is 0.484 e. The van der Waals surface area contributed by atoms with Gasteiger partial charge in [0, 0.05) is 23.0 Å². The number of hydrogen-bond donors (Lipinski definition) is 4. The number of hydrogen-bond acceptors (Lipinski definition) is 5. The van der Waals surface area contributed by atoms with Gasteiger partial charge in [-0.25, -0.2) is 0 Å². The fourth-order valence-corrected chi connectivity index (χ4v) is 2.89. The molecule has 31 heavy (non-hydrogen) atoms. The van der Waals surface area contributed by atoms with Crippen molar-refractivity contribution in [3.8, 4) is 5.75 Å². The second kappa shape index (κ2) is 12.0. The van der Waals surface area contributed by atoms with Crippen LogP contribution in [0.25, 0.3) is 0 Å². The van der Waals surface area contributed by atoms with E-state index in [-0.39, 0.29) is 30.5 Å². The summed E-state index contributed by atoms with van der Waals surface area (Å²) < 4.78 is 6.22.